The number of benzene rings is 1. The SMILES string of the molecule is OCCOc1c(F)c(F)c(F)c(F)c1F. The van der Waals surface area contributed by atoms with Crippen LogP contribution in [-0.4, -0.2) is 18.3 Å². The summed E-state index contributed by atoms with van der Waals surface area (Å²) in [4.78, 5) is 0. The molecule has 0 heterocycles. The number of rotatable bonds is 3. The van der Waals surface area contributed by atoms with Gasteiger partial charge in [-0.25, -0.2) is 13.2 Å². The zero-order chi connectivity index (χ0) is 11.6. The van der Waals surface area contributed by atoms with Crippen molar-refractivity contribution in [2.45, 2.75) is 0 Å². The lowest BCUT2D eigenvalue weighted by atomic mass is 10.2. The molecule has 0 aliphatic carbocycles. The van der Waals surface area contributed by atoms with Crippen LogP contribution in [0.5, 0.6) is 5.75 Å². The van der Waals surface area contributed by atoms with E-state index in [1.54, 1.807) is 0 Å². The lowest BCUT2D eigenvalue weighted by Gasteiger charge is -2.08. The third-order valence-corrected chi connectivity index (χ3v) is 1.51. The monoisotopic (exact) mass is 228 g/mol. The van der Waals surface area contributed by atoms with Crippen molar-refractivity contribution >= 4 is 0 Å². The maximum atomic E-state index is 12.8. The first kappa shape index (κ1) is 11.7. The molecule has 0 aromatic heterocycles. The predicted octanol–water partition coefficient (Wildman–Crippen LogP) is 1.75. The van der Waals surface area contributed by atoms with Crippen molar-refractivity contribution in [3.05, 3.63) is 29.1 Å². The van der Waals surface area contributed by atoms with Crippen molar-refractivity contribution in [1.82, 2.24) is 0 Å². The molecule has 0 saturated carbocycles. The van der Waals surface area contributed by atoms with Crippen molar-refractivity contribution in [2.75, 3.05) is 13.2 Å². The Bertz CT molecular complexity index is 351. The fourth-order valence-corrected chi connectivity index (χ4v) is 0.859. The van der Waals surface area contributed by atoms with Gasteiger partial charge in [-0.2, -0.15) is 8.78 Å². The van der Waals surface area contributed by atoms with Crippen molar-refractivity contribution in [2.24, 2.45) is 0 Å². The van der Waals surface area contributed by atoms with Crippen molar-refractivity contribution < 1.29 is 31.8 Å². The van der Waals surface area contributed by atoms with Gasteiger partial charge in [0.05, 0.1) is 6.61 Å². The average Bonchev–Trinajstić information content (AvgIpc) is 2.24. The number of aliphatic hydroxyl groups excluding tert-OH is 1. The van der Waals surface area contributed by atoms with Crippen LogP contribution in [0.2, 0.25) is 0 Å². The zero-order valence-electron chi connectivity index (χ0n) is 7.16. The van der Waals surface area contributed by atoms with Crippen LogP contribution in [0.15, 0.2) is 0 Å². The molecule has 0 amide bonds. The van der Waals surface area contributed by atoms with Gasteiger partial charge >= 0.3 is 0 Å². The molecule has 0 aliphatic rings. The maximum absolute atomic E-state index is 12.8. The Hall–Kier alpha value is -1.37. The lowest BCUT2D eigenvalue weighted by Crippen LogP contribution is -2.09. The van der Waals surface area contributed by atoms with Crippen LogP contribution in [0, 0.1) is 29.1 Å². The van der Waals surface area contributed by atoms with Crippen LogP contribution < -0.4 is 4.74 Å². The summed E-state index contributed by atoms with van der Waals surface area (Å²) in [6.07, 6.45) is 0. The summed E-state index contributed by atoms with van der Waals surface area (Å²) in [6, 6.07) is 0. The van der Waals surface area contributed by atoms with E-state index in [-0.39, 0.29) is 0 Å². The van der Waals surface area contributed by atoms with Crippen LogP contribution in [0.4, 0.5) is 22.0 Å². The molecule has 0 aliphatic heterocycles. The van der Waals surface area contributed by atoms with Gasteiger partial charge in [0.2, 0.25) is 29.1 Å². The number of aliphatic hydroxyl groups is 1. The molecule has 2 nitrogen and oxygen atoms in total. The van der Waals surface area contributed by atoms with E-state index in [4.69, 9.17) is 5.11 Å². The molecule has 0 unspecified atom stereocenters. The van der Waals surface area contributed by atoms with Gasteiger partial charge in [0.1, 0.15) is 6.61 Å². The van der Waals surface area contributed by atoms with Gasteiger partial charge in [0.15, 0.2) is 5.75 Å². The zero-order valence-corrected chi connectivity index (χ0v) is 7.16. The second-order valence-electron chi connectivity index (χ2n) is 2.47. The van der Waals surface area contributed by atoms with Gasteiger partial charge in [-0.05, 0) is 0 Å². The molecule has 0 spiro atoms. The second kappa shape index (κ2) is 4.43. The smallest absolute Gasteiger partial charge is 0.206 e. The van der Waals surface area contributed by atoms with Crippen molar-refractivity contribution in [3.63, 3.8) is 0 Å². The Labute approximate surface area is 80.9 Å². The highest BCUT2D eigenvalue weighted by atomic mass is 19.2. The summed E-state index contributed by atoms with van der Waals surface area (Å²) >= 11 is 0. The van der Waals surface area contributed by atoms with Crippen LogP contribution >= 0.6 is 0 Å². The predicted molar refractivity (Wildman–Crippen MR) is 38.8 cm³/mol. The Morgan fingerprint density at radius 2 is 1.20 bits per heavy atom. The summed E-state index contributed by atoms with van der Waals surface area (Å²) in [7, 11) is 0. The Morgan fingerprint density at radius 3 is 1.60 bits per heavy atom. The number of halogens is 5. The molecule has 0 bridgehead atoms. The number of ether oxygens (including phenoxy) is 1. The molecular formula is C8H5F5O2. The molecule has 1 aromatic carbocycles. The van der Waals surface area contributed by atoms with E-state index in [0.717, 1.165) is 0 Å². The van der Waals surface area contributed by atoms with Gasteiger partial charge in [-0.3, -0.25) is 0 Å². The minimum Gasteiger partial charge on any atom is -0.485 e. The average molecular weight is 228 g/mol. The third kappa shape index (κ3) is 2.01. The van der Waals surface area contributed by atoms with Crippen LogP contribution in [0.3, 0.4) is 0 Å². The third-order valence-electron chi connectivity index (χ3n) is 1.51. The molecular weight excluding hydrogens is 223 g/mol. The van der Waals surface area contributed by atoms with Gasteiger partial charge < -0.3 is 9.84 Å². The standard InChI is InChI=1S/C8H5F5O2/c9-3-4(10)6(12)8(15-2-1-14)7(13)5(3)11/h14H,1-2H2. The van der Waals surface area contributed by atoms with E-state index < -0.39 is 48.0 Å². The fraction of sp³-hybridized carbons (Fsp3) is 0.250. The topological polar surface area (TPSA) is 29.5 Å². The molecule has 0 atom stereocenters. The molecule has 0 radical (unpaired) electrons. The van der Waals surface area contributed by atoms with Crippen LogP contribution in [0.25, 0.3) is 0 Å². The minimum atomic E-state index is -2.25. The molecule has 84 valence electrons. The Kier molecular flexibility index (Phi) is 3.46. The first-order chi connectivity index (χ1) is 7.00. The molecule has 0 saturated heterocycles. The molecule has 1 N–H and O–H groups in total. The molecule has 1 rings (SSSR count). The van der Waals surface area contributed by atoms with Gasteiger partial charge in [0.25, 0.3) is 0 Å². The van der Waals surface area contributed by atoms with E-state index in [1.165, 1.54) is 0 Å². The summed E-state index contributed by atoms with van der Waals surface area (Å²) in [6.45, 7) is -1.18. The maximum Gasteiger partial charge on any atom is 0.206 e. The highest BCUT2D eigenvalue weighted by Crippen LogP contribution is 2.28. The van der Waals surface area contributed by atoms with E-state index in [2.05, 4.69) is 4.74 Å². The van der Waals surface area contributed by atoms with Gasteiger partial charge in [0, 0.05) is 0 Å². The summed E-state index contributed by atoms with van der Waals surface area (Å²) in [5, 5.41) is 8.27. The minimum absolute atomic E-state index is 0.571. The second-order valence-corrected chi connectivity index (χ2v) is 2.47. The van der Waals surface area contributed by atoms with E-state index >= 15 is 0 Å². The first-order valence-electron chi connectivity index (χ1n) is 3.75. The van der Waals surface area contributed by atoms with Crippen LogP contribution in [0.1, 0.15) is 0 Å². The Morgan fingerprint density at radius 1 is 0.800 bits per heavy atom. The normalized spacial score (nSPS) is 10.5. The van der Waals surface area contributed by atoms with Gasteiger partial charge in [-0.1, -0.05) is 0 Å². The summed E-state index contributed by atoms with van der Waals surface area (Å²) in [5.41, 5.74) is 0. The largest absolute Gasteiger partial charge is 0.485 e. The fourth-order valence-electron chi connectivity index (χ4n) is 0.859. The molecule has 15 heavy (non-hydrogen) atoms. The summed E-state index contributed by atoms with van der Waals surface area (Å²) in [5.74, 6) is -11.9. The number of hydrogen-bond acceptors (Lipinski definition) is 2. The Balaban J connectivity index is 3.26. The molecule has 0 fully saturated rings. The number of hydrogen-bond donors (Lipinski definition) is 1. The molecule has 1 aromatic rings. The van der Waals surface area contributed by atoms with Gasteiger partial charge in [-0.15, -0.1) is 0 Å². The van der Waals surface area contributed by atoms with E-state index in [1.807, 2.05) is 0 Å². The van der Waals surface area contributed by atoms with Crippen molar-refractivity contribution in [1.29, 1.82) is 0 Å². The molecule has 7 heteroatoms. The van der Waals surface area contributed by atoms with Crippen LogP contribution in [-0.2, 0) is 0 Å². The first-order valence-corrected chi connectivity index (χ1v) is 3.75. The highest BCUT2D eigenvalue weighted by molar-refractivity contribution is 5.29. The van der Waals surface area contributed by atoms with E-state index in [9.17, 15) is 22.0 Å². The quantitative estimate of drug-likeness (QED) is 0.485. The lowest BCUT2D eigenvalue weighted by molar-refractivity contribution is 0.185. The summed E-state index contributed by atoms with van der Waals surface area (Å²) < 4.78 is 67.3. The van der Waals surface area contributed by atoms with E-state index in [0.29, 0.717) is 0 Å². The van der Waals surface area contributed by atoms with Crippen molar-refractivity contribution in [3.8, 4) is 5.75 Å². The highest BCUT2D eigenvalue weighted by Gasteiger charge is 2.26.